The van der Waals surface area contributed by atoms with Crippen molar-refractivity contribution in [3.8, 4) is 0 Å². The number of piperazine rings is 1. The van der Waals surface area contributed by atoms with Gasteiger partial charge in [-0.15, -0.1) is 0 Å². The lowest BCUT2D eigenvalue weighted by molar-refractivity contribution is 0.375. The number of guanidine groups is 1. The molecule has 1 saturated carbocycles. The lowest BCUT2D eigenvalue weighted by atomic mass is 9.91. The van der Waals surface area contributed by atoms with Gasteiger partial charge in [0.15, 0.2) is 5.96 Å². The number of allylic oxidation sites excluding steroid dienone is 2. The molecule has 2 bridgehead atoms. The molecule has 1 aromatic rings. The van der Waals surface area contributed by atoms with Gasteiger partial charge in [-0.25, -0.2) is 9.97 Å². The number of rotatable bonds is 4. The summed E-state index contributed by atoms with van der Waals surface area (Å²) < 4.78 is 0. The summed E-state index contributed by atoms with van der Waals surface area (Å²) in [5.74, 6) is 3.97. The topological polar surface area (TPSA) is 70.6 Å². The molecule has 6 nitrogen and oxygen atoms in total. The van der Waals surface area contributed by atoms with E-state index >= 15 is 0 Å². The number of hydrogen-bond donors (Lipinski definition) is 1. The second kappa shape index (κ2) is 6.79. The highest BCUT2D eigenvalue weighted by molar-refractivity contribution is 5.78. The van der Waals surface area contributed by atoms with Crippen molar-refractivity contribution in [3.05, 3.63) is 30.6 Å². The highest BCUT2D eigenvalue weighted by Gasteiger charge is 2.34. The van der Waals surface area contributed by atoms with Crippen LogP contribution in [0.25, 0.3) is 0 Å². The van der Waals surface area contributed by atoms with Crippen LogP contribution in [0.5, 0.6) is 0 Å². The van der Waals surface area contributed by atoms with Gasteiger partial charge in [0.25, 0.3) is 0 Å². The minimum absolute atomic E-state index is 0.697. The fourth-order valence-corrected chi connectivity index (χ4v) is 4.26. The molecule has 2 heterocycles. The second-order valence-corrected chi connectivity index (χ2v) is 7.09. The molecule has 1 aliphatic heterocycles. The fraction of sp³-hybridized carbons (Fsp3) is 0.611. The first-order valence-corrected chi connectivity index (χ1v) is 9.05. The number of hydrogen-bond acceptors (Lipinski definition) is 4. The van der Waals surface area contributed by atoms with E-state index < -0.39 is 0 Å². The summed E-state index contributed by atoms with van der Waals surface area (Å²) in [6.45, 7) is 4.39. The van der Waals surface area contributed by atoms with Crippen molar-refractivity contribution in [2.24, 2.45) is 28.5 Å². The molecule has 4 rings (SSSR count). The molecule has 1 unspecified atom stereocenters. The lowest BCUT2D eigenvalue weighted by Gasteiger charge is -2.35. The Morgan fingerprint density at radius 1 is 1.12 bits per heavy atom. The standard InChI is InChI=1S/C18H26N6/c19-17(20-7-4-16-13-14-2-3-15(16)12-14)23-8-10-24(11-9-23)18-21-5-1-6-22-18/h1-3,5-6,14-16H,4,7-13H2,(H2,19,20)/t14-,15+,16?/m1/s1. The molecular formula is C18H26N6. The smallest absolute Gasteiger partial charge is 0.225 e. The third-order valence-electron chi connectivity index (χ3n) is 5.63. The molecule has 2 N–H and O–H groups in total. The molecule has 0 spiro atoms. The Bertz CT molecular complexity index is 605. The van der Waals surface area contributed by atoms with Gasteiger partial charge in [-0.1, -0.05) is 12.2 Å². The predicted octanol–water partition coefficient (Wildman–Crippen LogP) is 1.52. The lowest BCUT2D eigenvalue weighted by Crippen LogP contribution is -2.51. The van der Waals surface area contributed by atoms with E-state index in [-0.39, 0.29) is 0 Å². The molecule has 1 aromatic heterocycles. The van der Waals surface area contributed by atoms with Crippen LogP contribution >= 0.6 is 0 Å². The van der Waals surface area contributed by atoms with Crippen molar-refractivity contribution < 1.29 is 0 Å². The molecule has 6 heteroatoms. The molecule has 2 fully saturated rings. The van der Waals surface area contributed by atoms with E-state index in [1.165, 1.54) is 19.3 Å². The van der Waals surface area contributed by atoms with Crippen LogP contribution in [0.1, 0.15) is 19.3 Å². The van der Waals surface area contributed by atoms with Gasteiger partial charge in [-0.2, -0.15) is 0 Å². The zero-order chi connectivity index (χ0) is 16.4. The molecule has 2 aliphatic carbocycles. The molecule has 0 amide bonds. The highest BCUT2D eigenvalue weighted by Crippen LogP contribution is 2.44. The van der Waals surface area contributed by atoms with Crippen LogP contribution < -0.4 is 10.6 Å². The zero-order valence-electron chi connectivity index (χ0n) is 14.1. The van der Waals surface area contributed by atoms with Crippen LogP contribution in [-0.2, 0) is 0 Å². The monoisotopic (exact) mass is 326 g/mol. The fourth-order valence-electron chi connectivity index (χ4n) is 4.26. The van der Waals surface area contributed by atoms with E-state index in [2.05, 4.69) is 36.9 Å². The Labute approximate surface area is 143 Å². The first-order valence-electron chi connectivity index (χ1n) is 9.05. The Balaban J connectivity index is 1.24. The average molecular weight is 326 g/mol. The third-order valence-corrected chi connectivity index (χ3v) is 5.63. The zero-order valence-corrected chi connectivity index (χ0v) is 14.1. The molecule has 0 radical (unpaired) electrons. The summed E-state index contributed by atoms with van der Waals surface area (Å²) in [6.07, 6.45) is 12.3. The van der Waals surface area contributed by atoms with Gasteiger partial charge in [-0.3, -0.25) is 4.99 Å². The SMILES string of the molecule is NC(=NCCC1C[C@@H]2C=C[C@H]1C2)N1CCN(c2ncccn2)CC1. The molecule has 24 heavy (non-hydrogen) atoms. The van der Waals surface area contributed by atoms with Crippen LogP contribution in [0.2, 0.25) is 0 Å². The van der Waals surface area contributed by atoms with Gasteiger partial charge in [0.2, 0.25) is 5.95 Å². The summed E-state index contributed by atoms with van der Waals surface area (Å²) >= 11 is 0. The molecule has 0 aromatic carbocycles. The Morgan fingerprint density at radius 2 is 1.92 bits per heavy atom. The van der Waals surface area contributed by atoms with E-state index in [4.69, 9.17) is 5.73 Å². The van der Waals surface area contributed by atoms with Gasteiger partial charge in [0.1, 0.15) is 0 Å². The normalized spacial score (nSPS) is 29.5. The van der Waals surface area contributed by atoms with E-state index in [0.29, 0.717) is 5.96 Å². The van der Waals surface area contributed by atoms with E-state index in [1.807, 2.05) is 6.07 Å². The van der Waals surface area contributed by atoms with Gasteiger partial charge < -0.3 is 15.5 Å². The number of nitrogens with zero attached hydrogens (tertiary/aromatic N) is 5. The highest BCUT2D eigenvalue weighted by atomic mass is 15.3. The summed E-state index contributed by atoms with van der Waals surface area (Å²) in [4.78, 5) is 17.6. The maximum atomic E-state index is 6.21. The van der Waals surface area contributed by atoms with Gasteiger partial charge in [0, 0.05) is 45.1 Å². The maximum Gasteiger partial charge on any atom is 0.225 e. The average Bonchev–Trinajstić information content (AvgIpc) is 3.26. The van der Waals surface area contributed by atoms with Crippen LogP contribution in [0.4, 0.5) is 5.95 Å². The quantitative estimate of drug-likeness (QED) is 0.516. The largest absolute Gasteiger partial charge is 0.370 e. The summed E-state index contributed by atoms with van der Waals surface area (Å²) in [6, 6.07) is 1.84. The van der Waals surface area contributed by atoms with Crippen molar-refractivity contribution in [2.75, 3.05) is 37.6 Å². The van der Waals surface area contributed by atoms with E-state index in [0.717, 1.165) is 56.4 Å². The molecule has 1 saturated heterocycles. The number of aliphatic imine (C=N–C) groups is 1. The molecular weight excluding hydrogens is 300 g/mol. The van der Waals surface area contributed by atoms with Crippen LogP contribution in [0, 0.1) is 17.8 Å². The second-order valence-electron chi connectivity index (χ2n) is 7.09. The van der Waals surface area contributed by atoms with Crippen LogP contribution in [0.3, 0.4) is 0 Å². The number of nitrogens with two attached hydrogens (primary N) is 1. The van der Waals surface area contributed by atoms with Gasteiger partial charge in [0.05, 0.1) is 0 Å². The van der Waals surface area contributed by atoms with Gasteiger partial charge in [-0.05, 0) is 43.1 Å². The van der Waals surface area contributed by atoms with Crippen molar-refractivity contribution in [1.29, 1.82) is 0 Å². The number of aromatic nitrogens is 2. The van der Waals surface area contributed by atoms with Crippen molar-refractivity contribution in [3.63, 3.8) is 0 Å². The Morgan fingerprint density at radius 3 is 2.58 bits per heavy atom. The minimum Gasteiger partial charge on any atom is -0.370 e. The number of anilines is 1. The molecule has 3 atom stereocenters. The van der Waals surface area contributed by atoms with Crippen molar-refractivity contribution >= 4 is 11.9 Å². The predicted molar refractivity (Wildman–Crippen MR) is 95.8 cm³/mol. The minimum atomic E-state index is 0.697. The first-order chi connectivity index (χ1) is 11.8. The van der Waals surface area contributed by atoms with Gasteiger partial charge >= 0.3 is 0 Å². The Hall–Kier alpha value is -2.11. The summed E-state index contributed by atoms with van der Waals surface area (Å²) in [5, 5.41) is 0. The Kier molecular flexibility index (Phi) is 4.36. The van der Waals surface area contributed by atoms with Crippen LogP contribution in [0.15, 0.2) is 35.6 Å². The van der Waals surface area contributed by atoms with Crippen molar-refractivity contribution in [1.82, 2.24) is 14.9 Å². The summed E-state index contributed by atoms with van der Waals surface area (Å²) in [5.41, 5.74) is 6.21. The summed E-state index contributed by atoms with van der Waals surface area (Å²) in [7, 11) is 0. The number of fused-ring (bicyclic) bond motifs is 2. The maximum absolute atomic E-state index is 6.21. The van der Waals surface area contributed by atoms with E-state index in [9.17, 15) is 0 Å². The molecule has 128 valence electrons. The van der Waals surface area contributed by atoms with Crippen molar-refractivity contribution in [2.45, 2.75) is 19.3 Å². The van der Waals surface area contributed by atoms with Crippen LogP contribution in [-0.4, -0.2) is 53.6 Å². The first kappa shape index (κ1) is 15.4. The van der Waals surface area contributed by atoms with E-state index in [1.54, 1.807) is 12.4 Å². The third kappa shape index (κ3) is 3.23. The molecule has 3 aliphatic rings.